The fourth-order valence-corrected chi connectivity index (χ4v) is 7.43. The van der Waals surface area contributed by atoms with Crippen LogP contribution in [0.15, 0.2) is 48.6 Å². The van der Waals surface area contributed by atoms with Gasteiger partial charge in [0.05, 0.1) is 0 Å². The van der Waals surface area contributed by atoms with Crippen molar-refractivity contribution in [3.05, 3.63) is 48.6 Å². The van der Waals surface area contributed by atoms with Gasteiger partial charge in [-0.15, -0.1) is 0 Å². The summed E-state index contributed by atoms with van der Waals surface area (Å²) in [6, 6.07) is 0. The lowest BCUT2D eigenvalue weighted by molar-refractivity contribution is -0.167. The van der Waals surface area contributed by atoms with Crippen LogP contribution in [0, 0.1) is 0 Å². The molecule has 6 nitrogen and oxygen atoms in total. The molecule has 0 amide bonds. The van der Waals surface area contributed by atoms with Crippen LogP contribution in [-0.4, -0.2) is 37.2 Å². The zero-order valence-electron chi connectivity index (χ0n) is 40.4. The van der Waals surface area contributed by atoms with Gasteiger partial charge >= 0.3 is 17.9 Å². The van der Waals surface area contributed by atoms with Crippen molar-refractivity contribution in [1.29, 1.82) is 0 Å². The Kier molecular flexibility index (Phi) is 47.9. The molecule has 0 fully saturated rings. The molecular weight excluding hydrogens is 757 g/mol. The highest BCUT2D eigenvalue weighted by atomic mass is 16.6. The van der Waals surface area contributed by atoms with Crippen LogP contribution in [0.2, 0.25) is 0 Å². The van der Waals surface area contributed by atoms with Crippen LogP contribution < -0.4 is 0 Å². The lowest BCUT2D eigenvalue weighted by atomic mass is 10.0. The maximum absolute atomic E-state index is 12.7. The van der Waals surface area contributed by atoms with Crippen LogP contribution >= 0.6 is 0 Å². The Morgan fingerprint density at radius 3 is 1.00 bits per heavy atom. The van der Waals surface area contributed by atoms with E-state index in [-0.39, 0.29) is 37.5 Å². The largest absolute Gasteiger partial charge is 0.462 e. The zero-order valence-corrected chi connectivity index (χ0v) is 40.4. The minimum atomic E-state index is -0.788. The van der Waals surface area contributed by atoms with Gasteiger partial charge < -0.3 is 14.2 Å². The van der Waals surface area contributed by atoms with Crippen LogP contribution in [0.3, 0.4) is 0 Å². The van der Waals surface area contributed by atoms with Crippen molar-refractivity contribution in [3.8, 4) is 0 Å². The summed E-state index contributed by atoms with van der Waals surface area (Å²) in [4.78, 5) is 37.7. The number of ether oxygens (including phenoxy) is 3. The maximum Gasteiger partial charge on any atom is 0.306 e. The van der Waals surface area contributed by atoms with E-state index in [9.17, 15) is 14.4 Å². The van der Waals surface area contributed by atoms with Crippen molar-refractivity contribution in [2.45, 2.75) is 271 Å². The number of carbonyl (C=O) groups is 3. The number of rotatable bonds is 47. The predicted octanol–water partition coefficient (Wildman–Crippen LogP) is 17.1. The summed E-state index contributed by atoms with van der Waals surface area (Å²) in [5.74, 6) is -0.932. The van der Waals surface area contributed by atoms with Crippen molar-refractivity contribution < 1.29 is 28.6 Å². The Morgan fingerprint density at radius 1 is 0.344 bits per heavy atom. The highest BCUT2D eigenvalue weighted by Crippen LogP contribution is 2.16. The second-order valence-electron chi connectivity index (χ2n) is 17.4. The van der Waals surface area contributed by atoms with Crippen molar-refractivity contribution in [1.82, 2.24) is 0 Å². The van der Waals surface area contributed by atoms with E-state index in [0.717, 1.165) is 77.0 Å². The van der Waals surface area contributed by atoms with Gasteiger partial charge in [0.25, 0.3) is 0 Å². The van der Waals surface area contributed by atoms with E-state index in [1.807, 2.05) is 0 Å². The first-order valence-corrected chi connectivity index (χ1v) is 26.1. The van der Waals surface area contributed by atoms with E-state index in [4.69, 9.17) is 14.2 Å². The van der Waals surface area contributed by atoms with Crippen LogP contribution in [0.25, 0.3) is 0 Å². The standard InChI is InChI=1S/C55H98O6/c1-4-7-10-13-16-18-20-22-24-25-26-27-28-29-30-32-33-35-37-39-42-45-48-54(57)60-51-52(50-59-53(56)47-44-41-15-12-9-6-3)61-55(58)49-46-43-40-38-36-34-31-23-21-19-17-14-11-8-5-2/h8,11,17,19,23,31,36,38,52H,4-7,9-10,12-16,18,20-22,24-30,32-35,37,39-51H2,1-3H3/b11-8-,19-17-,31-23-,38-36-. The molecule has 0 bridgehead atoms. The van der Waals surface area contributed by atoms with Crippen molar-refractivity contribution in [2.75, 3.05) is 13.2 Å². The summed E-state index contributed by atoms with van der Waals surface area (Å²) in [6.45, 7) is 6.45. The fraction of sp³-hybridized carbons (Fsp3) is 0.800. The minimum Gasteiger partial charge on any atom is -0.462 e. The summed E-state index contributed by atoms with van der Waals surface area (Å²) in [5, 5.41) is 0. The first kappa shape index (κ1) is 58.4. The van der Waals surface area contributed by atoms with E-state index in [2.05, 4.69) is 69.4 Å². The molecule has 0 aliphatic heterocycles. The smallest absolute Gasteiger partial charge is 0.306 e. The molecule has 0 aromatic carbocycles. The van der Waals surface area contributed by atoms with Gasteiger partial charge in [-0.2, -0.15) is 0 Å². The molecule has 0 saturated heterocycles. The molecule has 0 saturated carbocycles. The van der Waals surface area contributed by atoms with E-state index < -0.39 is 6.10 Å². The monoisotopic (exact) mass is 855 g/mol. The first-order chi connectivity index (χ1) is 30.0. The average Bonchev–Trinajstić information content (AvgIpc) is 3.26. The molecule has 0 radical (unpaired) electrons. The number of unbranched alkanes of at least 4 members (excludes halogenated alkanes) is 28. The molecule has 0 aromatic heterocycles. The van der Waals surface area contributed by atoms with Gasteiger partial charge in [-0.3, -0.25) is 14.4 Å². The fourth-order valence-electron chi connectivity index (χ4n) is 7.43. The molecule has 61 heavy (non-hydrogen) atoms. The Morgan fingerprint density at radius 2 is 0.639 bits per heavy atom. The van der Waals surface area contributed by atoms with Gasteiger partial charge in [0.15, 0.2) is 6.10 Å². The molecule has 354 valence electrons. The van der Waals surface area contributed by atoms with Gasteiger partial charge in [-0.1, -0.05) is 236 Å². The summed E-state index contributed by atoms with van der Waals surface area (Å²) in [5.41, 5.74) is 0. The van der Waals surface area contributed by atoms with E-state index >= 15 is 0 Å². The van der Waals surface area contributed by atoms with Crippen LogP contribution in [0.4, 0.5) is 0 Å². The third kappa shape index (κ3) is 48.3. The summed E-state index contributed by atoms with van der Waals surface area (Å²) in [7, 11) is 0. The highest BCUT2D eigenvalue weighted by Gasteiger charge is 2.19. The molecular formula is C55H98O6. The van der Waals surface area contributed by atoms with Crippen LogP contribution in [0.5, 0.6) is 0 Å². The molecule has 1 atom stereocenters. The van der Waals surface area contributed by atoms with Crippen molar-refractivity contribution in [2.24, 2.45) is 0 Å². The average molecular weight is 855 g/mol. The topological polar surface area (TPSA) is 78.9 Å². The van der Waals surface area contributed by atoms with Crippen LogP contribution in [0.1, 0.15) is 265 Å². The third-order valence-electron chi connectivity index (χ3n) is 11.3. The second-order valence-corrected chi connectivity index (χ2v) is 17.4. The Balaban J connectivity index is 4.17. The molecule has 0 aliphatic carbocycles. The summed E-state index contributed by atoms with van der Waals surface area (Å²) in [6.07, 6.45) is 59.9. The zero-order chi connectivity index (χ0) is 44.4. The predicted molar refractivity (Wildman–Crippen MR) is 261 cm³/mol. The van der Waals surface area contributed by atoms with Crippen molar-refractivity contribution >= 4 is 17.9 Å². The maximum atomic E-state index is 12.7. The lowest BCUT2D eigenvalue weighted by Crippen LogP contribution is -2.30. The lowest BCUT2D eigenvalue weighted by Gasteiger charge is -2.18. The Bertz CT molecular complexity index is 1070. The second kappa shape index (κ2) is 50.0. The SMILES string of the molecule is CC/C=C\C/C=C\C/C=C\C/C=C\CCCCC(=O)OC(COC(=O)CCCCCCCC)COC(=O)CCCCCCCCCCCCCCCCCCCCCCCC. The molecule has 0 aliphatic rings. The summed E-state index contributed by atoms with van der Waals surface area (Å²) < 4.78 is 16.7. The molecule has 1 unspecified atom stereocenters. The van der Waals surface area contributed by atoms with Gasteiger partial charge in [0.2, 0.25) is 0 Å². The molecule has 6 heteroatoms. The van der Waals surface area contributed by atoms with Gasteiger partial charge in [0, 0.05) is 19.3 Å². The normalized spacial score (nSPS) is 12.4. The highest BCUT2D eigenvalue weighted by molar-refractivity contribution is 5.71. The van der Waals surface area contributed by atoms with E-state index in [1.165, 1.54) is 141 Å². The molecule has 0 rings (SSSR count). The number of carbonyl (C=O) groups excluding carboxylic acids is 3. The first-order valence-electron chi connectivity index (χ1n) is 26.1. The molecule has 0 heterocycles. The quantitative estimate of drug-likeness (QED) is 0.0263. The Hall–Kier alpha value is -2.63. The molecule has 0 spiro atoms. The molecule has 0 N–H and O–H groups in total. The minimum absolute atomic E-state index is 0.0872. The van der Waals surface area contributed by atoms with E-state index in [1.54, 1.807) is 0 Å². The van der Waals surface area contributed by atoms with Gasteiger partial charge in [0.1, 0.15) is 13.2 Å². The summed E-state index contributed by atoms with van der Waals surface area (Å²) >= 11 is 0. The van der Waals surface area contributed by atoms with Gasteiger partial charge in [-0.25, -0.2) is 0 Å². The Labute approximate surface area is 378 Å². The number of hydrogen-bond donors (Lipinski definition) is 0. The molecule has 0 aromatic rings. The number of hydrogen-bond acceptors (Lipinski definition) is 6. The number of esters is 3. The van der Waals surface area contributed by atoms with E-state index in [0.29, 0.717) is 19.3 Å². The van der Waals surface area contributed by atoms with Crippen LogP contribution in [-0.2, 0) is 28.6 Å². The third-order valence-corrected chi connectivity index (χ3v) is 11.3. The van der Waals surface area contributed by atoms with Gasteiger partial charge in [-0.05, 0) is 57.8 Å². The van der Waals surface area contributed by atoms with Crippen molar-refractivity contribution in [3.63, 3.8) is 0 Å². The number of allylic oxidation sites excluding steroid dienone is 8.